The molecule has 0 saturated heterocycles. The van der Waals surface area contributed by atoms with E-state index in [0.717, 1.165) is 5.56 Å². The summed E-state index contributed by atoms with van der Waals surface area (Å²) in [6.45, 7) is 5.75. The predicted octanol–water partition coefficient (Wildman–Crippen LogP) is 0.960. The molecule has 0 saturated carbocycles. The lowest BCUT2D eigenvalue weighted by Crippen LogP contribution is -2.33. The molecule has 0 spiro atoms. The highest BCUT2D eigenvalue weighted by molar-refractivity contribution is 6.39. The summed E-state index contributed by atoms with van der Waals surface area (Å²) in [5, 5.41) is 8.81. The van der Waals surface area contributed by atoms with Gasteiger partial charge in [-0.1, -0.05) is 6.07 Å². The van der Waals surface area contributed by atoms with Crippen LogP contribution in [0.4, 0.5) is 5.69 Å². The highest BCUT2D eigenvalue weighted by atomic mass is 16.5. The van der Waals surface area contributed by atoms with E-state index >= 15 is 0 Å². The average molecular weight is 334 g/mol. The van der Waals surface area contributed by atoms with Crippen molar-refractivity contribution in [2.24, 2.45) is 5.10 Å². The Morgan fingerprint density at radius 2 is 1.92 bits per heavy atom. The van der Waals surface area contributed by atoms with Crippen LogP contribution < -0.4 is 20.8 Å². The number of hydrazone groups is 1. The number of aryl methyl sites for hydroxylation is 1. The summed E-state index contributed by atoms with van der Waals surface area (Å²) in [4.78, 5) is 35.1. The van der Waals surface area contributed by atoms with Crippen molar-refractivity contribution in [3.63, 3.8) is 0 Å². The molecule has 0 aliphatic carbocycles. The molecule has 3 amide bonds. The number of amides is 3. The van der Waals surface area contributed by atoms with Crippen LogP contribution in [0.3, 0.4) is 0 Å². The van der Waals surface area contributed by atoms with Gasteiger partial charge < -0.3 is 15.4 Å². The van der Waals surface area contributed by atoms with Crippen LogP contribution in [0.1, 0.15) is 25.8 Å². The maximum atomic E-state index is 11.9. The molecule has 8 heteroatoms. The van der Waals surface area contributed by atoms with Crippen molar-refractivity contribution in [3.05, 3.63) is 23.8 Å². The van der Waals surface area contributed by atoms with Crippen LogP contribution in [0.15, 0.2) is 23.3 Å². The molecule has 3 N–H and O–H groups in total. The van der Waals surface area contributed by atoms with E-state index in [4.69, 9.17) is 4.74 Å². The molecule has 0 atom stereocenters. The van der Waals surface area contributed by atoms with E-state index in [0.29, 0.717) is 23.7 Å². The minimum Gasteiger partial charge on any atom is -0.495 e. The van der Waals surface area contributed by atoms with Crippen molar-refractivity contribution < 1.29 is 19.1 Å². The third kappa shape index (κ3) is 6.07. The summed E-state index contributed by atoms with van der Waals surface area (Å²) in [6.07, 6.45) is 0.0431. The van der Waals surface area contributed by atoms with Gasteiger partial charge in [-0.25, -0.2) is 5.43 Å². The number of rotatable bonds is 6. The van der Waals surface area contributed by atoms with Gasteiger partial charge in [0, 0.05) is 12.3 Å². The maximum Gasteiger partial charge on any atom is 0.329 e. The van der Waals surface area contributed by atoms with Crippen molar-refractivity contribution in [2.75, 3.05) is 19.0 Å². The van der Waals surface area contributed by atoms with Crippen LogP contribution >= 0.6 is 0 Å². The van der Waals surface area contributed by atoms with Crippen LogP contribution in [0.5, 0.6) is 5.75 Å². The number of anilines is 1. The van der Waals surface area contributed by atoms with E-state index in [9.17, 15) is 14.4 Å². The molecule has 130 valence electrons. The molecule has 24 heavy (non-hydrogen) atoms. The Morgan fingerprint density at radius 3 is 2.54 bits per heavy atom. The number of hydrogen-bond acceptors (Lipinski definition) is 5. The highest BCUT2D eigenvalue weighted by Crippen LogP contribution is 2.24. The fraction of sp³-hybridized carbons (Fsp3) is 0.375. The molecule has 0 aliphatic rings. The van der Waals surface area contributed by atoms with E-state index in [1.54, 1.807) is 26.0 Å². The molecule has 0 aliphatic heterocycles. The fourth-order valence-corrected chi connectivity index (χ4v) is 1.83. The summed E-state index contributed by atoms with van der Waals surface area (Å²) in [6, 6.07) is 5.20. The molecule has 0 radical (unpaired) electrons. The standard InChI is InChI=1S/C16H22N4O4/c1-5-17-14(21)9-11(3)19-20-16(23)15(22)18-12-8-10(2)6-7-13(12)24-4/h6-8H,5,9H2,1-4H3,(H,17,21)(H,18,22)(H,20,23)/b19-11+. The van der Waals surface area contributed by atoms with E-state index in [2.05, 4.69) is 21.2 Å². The Morgan fingerprint density at radius 1 is 1.21 bits per heavy atom. The van der Waals surface area contributed by atoms with E-state index in [-0.39, 0.29) is 12.3 Å². The van der Waals surface area contributed by atoms with Gasteiger partial charge in [0.25, 0.3) is 0 Å². The van der Waals surface area contributed by atoms with E-state index in [1.807, 2.05) is 13.0 Å². The largest absolute Gasteiger partial charge is 0.495 e. The van der Waals surface area contributed by atoms with E-state index in [1.165, 1.54) is 7.11 Å². The predicted molar refractivity (Wildman–Crippen MR) is 90.9 cm³/mol. The molecule has 1 aromatic rings. The quantitative estimate of drug-likeness (QED) is 0.409. The van der Waals surface area contributed by atoms with Crippen molar-refractivity contribution in [2.45, 2.75) is 27.2 Å². The number of methoxy groups -OCH3 is 1. The smallest absolute Gasteiger partial charge is 0.329 e. The number of benzene rings is 1. The molecule has 1 rings (SSSR count). The third-order valence-electron chi connectivity index (χ3n) is 2.95. The second kappa shape index (κ2) is 9.29. The van der Waals surface area contributed by atoms with Gasteiger partial charge in [0.05, 0.1) is 19.2 Å². The van der Waals surface area contributed by atoms with Gasteiger partial charge in [0.2, 0.25) is 5.91 Å². The van der Waals surface area contributed by atoms with Gasteiger partial charge >= 0.3 is 11.8 Å². The minimum atomic E-state index is -0.936. The molecule has 0 heterocycles. The molecule has 0 bridgehead atoms. The molecule has 1 aromatic carbocycles. The lowest BCUT2D eigenvalue weighted by atomic mass is 10.2. The first-order valence-electron chi connectivity index (χ1n) is 7.43. The average Bonchev–Trinajstić information content (AvgIpc) is 2.53. The van der Waals surface area contributed by atoms with Crippen molar-refractivity contribution in [3.8, 4) is 5.75 Å². The third-order valence-corrected chi connectivity index (χ3v) is 2.95. The molecule has 0 unspecified atom stereocenters. The molecular formula is C16H22N4O4. The summed E-state index contributed by atoms with van der Waals surface area (Å²) in [5.41, 5.74) is 3.80. The summed E-state index contributed by atoms with van der Waals surface area (Å²) in [5.74, 6) is -1.58. The van der Waals surface area contributed by atoms with Crippen molar-refractivity contribution in [1.82, 2.24) is 10.7 Å². The SMILES string of the molecule is CCNC(=O)C/C(C)=N/NC(=O)C(=O)Nc1cc(C)ccc1OC. The zero-order chi connectivity index (χ0) is 18.1. The topological polar surface area (TPSA) is 109 Å². The second-order valence-electron chi connectivity index (χ2n) is 5.08. The highest BCUT2D eigenvalue weighted by Gasteiger charge is 2.15. The van der Waals surface area contributed by atoms with Crippen molar-refractivity contribution >= 4 is 29.1 Å². The minimum absolute atomic E-state index is 0.0431. The first kappa shape index (κ1) is 19.1. The summed E-state index contributed by atoms with van der Waals surface area (Å²) >= 11 is 0. The molecular weight excluding hydrogens is 312 g/mol. The second-order valence-corrected chi connectivity index (χ2v) is 5.08. The fourth-order valence-electron chi connectivity index (χ4n) is 1.83. The molecule has 0 aromatic heterocycles. The molecule has 8 nitrogen and oxygen atoms in total. The zero-order valence-electron chi connectivity index (χ0n) is 14.2. The van der Waals surface area contributed by atoms with Crippen LogP contribution in [-0.2, 0) is 14.4 Å². The van der Waals surface area contributed by atoms with Crippen LogP contribution in [0.25, 0.3) is 0 Å². The maximum absolute atomic E-state index is 11.9. The van der Waals surface area contributed by atoms with Crippen molar-refractivity contribution in [1.29, 1.82) is 0 Å². The number of nitrogens with one attached hydrogen (secondary N) is 3. The van der Waals surface area contributed by atoms with Crippen LogP contribution in [0, 0.1) is 6.92 Å². The summed E-state index contributed by atoms with van der Waals surface area (Å²) in [7, 11) is 1.47. The Kier molecular flexibility index (Phi) is 7.41. The monoisotopic (exact) mass is 334 g/mol. The number of nitrogens with zero attached hydrogens (tertiary/aromatic N) is 1. The van der Waals surface area contributed by atoms with Crippen LogP contribution in [-0.4, -0.2) is 37.1 Å². The number of hydrogen-bond donors (Lipinski definition) is 3. The number of carbonyl (C=O) groups is 3. The van der Waals surface area contributed by atoms with Gasteiger partial charge in [0.1, 0.15) is 5.75 Å². The van der Waals surface area contributed by atoms with Gasteiger partial charge in [-0.2, -0.15) is 5.10 Å². The lowest BCUT2D eigenvalue weighted by molar-refractivity contribution is -0.136. The van der Waals surface area contributed by atoms with Gasteiger partial charge in [-0.05, 0) is 38.5 Å². The first-order chi connectivity index (χ1) is 11.4. The molecule has 0 fully saturated rings. The number of ether oxygens (including phenoxy) is 1. The van der Waals surface area contributed by atoms with Gasteiger partial charge in [0.15, 0.2) is 0 Å². The first-order valence-corrected chi connectivity index (χ1v) is 7.43. The van der Waals surface area contributed by atoms with Gasteiger partial charge in [-0.3, -0.25) is 14.4 Å². The van der Waals surface area contributed by atoms with E-state index < -0.39 is 11.8 Å². The lowest BCUT2D eigenvalue weighted by Gasteiger charge is -2.10. The van der Waals surface area contributed by atoms with Gasteiger partial charge in [-0.15, -0.1) is 0 Å². The normalized spacial score (nSPS) is 10.8. The Labute approximate surface area is 140 Å². The van der Waals surface area contributed by atoms with Crippen LogP contribution in [0.2, 0.25) is 0 Å². The zero-order valence-corrected chi connectivity index (χ0v) is 14.2. The Hall–Kier alpha value is -2.90. The summed E-state index contributed by atoms with van der Waals surface area (Å²) < 4.78 is 5.13. The Bertz CT molecular complexity index is 655. The Balaban J connectivity index is 2.64. The number of carbonyl (C=O) groups excluding carboxylic acids is 3.